The second kappa shape index (κ2) is 8.95. The average Bonchev–Trinajstić information content (AvgIpc) is 2.67. The molecule has 0 radical (unpaired) electrons. The standard InChI is InChI=1S/C24H31FN2O2/c1-16-10-17(2)20(5)23(11-16)29-15-24(28)27-13-18(3)26(12-19(27)4)14-21-6-8-22(25)9-7-21/h6-11,18-19H,12-15H2,1-5H3/t18-,19+/m0/s1. The molecule has 29 heavy (non-hydrogen) atoms. The highest BCUT2D eigenvalue weighted by molar-refractivity contribution is 5.78. The third-order valence-corrected chi connectivity index (χ3v) is 5.85. The predicted octanol–water partition coefficient (Wildman–Crippen LogP) is 4.25. The van der Waals surface area contributed by atoms with Crippen LogP contribution in [0.3, 0.4) is 0 Å². The number of carbonyl (C=O) groups excluding carboxylic acids is 1. The van der Waals surface area contributed by atoms with Crippen molar-refractivity contribution in [1.29, 1.82) is 0 Å². The number of amides is 1. The molecule has 2 aromatic rings. The smallest absolute Gasteiger partial charge is 0.260 e. The molecule has 2 atom stereocenters. The van der Waals surface area contributed by atoms with Gasteiger partial charge in [-0.05, 0) is 75.1 Å². The monoisotopic (exact) mass is 398 g/mol. The van der Waals surface area contributed by atoms with Gasteiger partial charge >= 0.3 is 0 Å². The van der Waals surface area contributed by atoms with E-state index in [4.69, 9.17) is 4.74 Å². The summed E-state index contributed by atoms with van der Waals surface area (Å²) >= 11 is 0. The molecule has 0 bridgehead atoms. The maximum Gasteiger partial charge on any atom is 0.260 e. The van der Waals surface area contributed by atoms with Gasteiger partial charge in [0, 0.05) is 31.7 Å². The number of ether oxygens (including phenoxy) is 1. The van der Waals surface area contributed by atoms with E-state index in [0.717, 1.165) is 35.5 Å². The number of benzene rings is 2. The Morgan fingerprint density at radius 3 is 2.45 bits per heavy atom. The Kier molecular flexibility index (Phi) is 6.58. The third-order valence-electron chi connectivity index (χ3n) is 5.85. The van der Waals surface area contributed by atoms with E-state index >= 15 is 0 Å². The molecule has 1 aliphatic heterocycles. The summed E-state index contributed by atoms with van der Waals surface area (Å²) in [5.74, 6) is 0.584. The van der Waals surface area contributed by atoms with Crippen LogP contribution in [0.15, 0.2) is 36.4 Å². The fraction of sp³-hybridized carbons (Fsp3) is 0.458. The summed E-state index contributed by atoms with van der Waals surface area (Å²) < 4.78 is 19.0. The molecule has 0 saturated carbocycles. The molecule has 0 N–H and O–H groups in total. The van der Waals surface area contributed by atoms with E-state index in [9.17, 15) is 9.18 Å². The van der Waals surface area contributed by atoms with Gasteiger partial charge in [0.1, 0.15) is 11.6 Å². The van der Waals surface area contributed by atoms with E-state index < -0.39 is 0 Å². The van der Waals surface area contributed by atoms with Crippen LogP contribution in [-0.4, -0.2) is 47.5 Å². The predicted molar refractivity (Wildman–Crippen MR) is 114 cm³/mol. The van der Waals surface area contributed by atoms with Gasteiger partial charge in [-0.3, -0.25) is 9.69 Å². The highest BCUT2D eigenvalue weighted by atomic mass is 19.1. The molecular formula is C24H31FN2O2. The molecule has 0 unspecified atom stereocenters. The first-order valence-electron chi connectivity index (χ1n) is 10.2. The number of hydrogen-bond donors (Lipinski definition) is 0. The largest absolute Gasteiger partial charge is 0.483 e. The number of aryl methyl sites for hydroxylation is 2. The van der Waals surface area contributed by atoms with Crippen LogP contribution >= 0.6 is 0 Å². The number of piperazine rings is 1. The molecule has 3 rings (SSSR count). The summed E-state index contributed by atoms with van der Waals surface area (Å²) in [5, 5.41) is 0. The van der Waals surface area contributed by atoms with Crippen LogP contribution in [0.25, 0.3) is 0 Å². The van der Waals surface area contributed by atoms with Crippen molar-refractivity contribution in [3.05, 3.63) is 64.5 Å². The fourth-order valence-corrected chi connectivity index (χ4v) is 3.96. The quantitative estimate of drug-likeness (QED) is 0.755. The normalized spacial score (nSPS) is 20.0. The van der Waals surface area contributed by atoms with Crippen molar-refractivity contribution < 1.29 is 13.9 Å². The SMILES string of the molecule is Cc1cc(C)c(C)c(OCC(=O)N2C[C@H](C)N(Cc3ccc(F)cc3)C[C@H]2C)c1. The Labute approximate surface area is 173 Å². The Hall–Kier alpha value is -2.40. The second-order valence-electron chi connectivity index (χ2n) is 8.29. The molecule has 0 aliphatic carbocycles. The minimum Gasteiger partial charge on any atom is -0.483 e. The number of rotatable bonds is 5. The Balaban J connectivity index is 1.59. The first-order chi connectivity index (χ1) is 13.7. The Bertz CT molecular complexity index is 866. The van der Waals surface area contributed by atoms with Crippen LogP contribution in [0.1, 0.15) is 36.1 Å². The van der Waals surface area contributed by atoms with Crippen molar-refractivity contribution in [1.82, 2.24) is 9.80 Å². The molecular weight excluding hydrogens is 367 g/mol. The van der Waals surface area contributed by atoms with Crippen molar-refractivity contribution in [2.24, 2.45) is 0 Å². The maximum atomic E-state index is 13.1. The van der Waals surface area contributed by atoms with Crippen LogP contribution in [0, 0.1) is 26.6 Å². The lowest BCUT2D eigenvalue weighted by Crippen LogP contribution is -2.58. The lowest BCUT2D eigenvalue weighted by molar-refractivity contribution is -0.139. The van der Waals surface area contributed by atoms with Gasteiger partial charge in [-0.2, -0.15) is 0 Å². The third kappa shape index (κ3) is 5.15. The summed E-state index contributed by atoms with van der Waals surface area (Å²) in [7, 11) is 0. The molecule has 1 saturated heterocycles. The molecule has 0 aromatic heterocycles. The molecule has 1 fully saturated rings. The van der Waals surface area contributed by atoms with E-state index in [2.05, 4.69) is 31.7 Å². The highest BCUT2D eigenvalue weighted by Gasteiger charge is 2.32. The number of nitrogens with zero attached hydrogens (tertiary/aromatic N) is 2. The summed E-state index contributed by atoms with van der Waals surface area (Å²) in [5.41, 5.74) is 4.46. The van der Waals surface area contributed by atoms with Gasteiger partial charge in [0.05, 0.1) is 0 Å². The Morgan fingerprint density at radius 1 is 1.07 bits per heavy atom. The van der Waals surface area contributed by atoms with Gasteiger partial charge in [-0.1, -0.05) is 18.2 Å². The number of hydrogen-bond acceptors (Lipinski definition) is 3. The van der Waals surface area contributed by atoms with Gasteiger partial charge in [-0.25, -0.2) is 4.39 Å². The minimum atomic E-state index is -0.218. The van der Waals surface area contributed by atoms with Crippen LogP contribution in [0.5, 0.6) is 5.75 Å². The van der Waals surface area contributed by atoms with Gasteiger partial charge < -0.3 is 9.64 Å². The zero-order valence-corrected chi connectivity index (χ0v) is 18.0. The highest BCUT2D eigenvalue weighted by Crippen LogP contribution is 2.24. The zero-order chi connectivity index (χ0) is 21.1. The average molecular weight is 399 g/mol. The van der Waals surface area contributed by atoms with E-state index in [-0.39, 0.29) is 30.4 Å². The second-order valence-corrected chi connectivity index (χ2v) is 8.29. The molecule has 156 valence electrons. The molecule has 2 aromatic carbocycles. The summed E-state index contributed by atoms with van der Waals surface area (Å²) in [6.07, 6.45) is 0. The van der Waals surface area contributed by atoms with E-state index in [1.165, 1.54) is 17.7 Å². The van der Waals surface area contributed by atoms with Crippen molar-refractivity contribution in [3.8, 4) is 5.75 Å². The topological polar surface area (TPSA) is 32.8 Å². The van der Waals surface area contributed by atoms with Gasteiger partial charge in [0.15, 0.2) is 6.61 Å². The molecule has 0 spiro atoms. The minimum absolute atomic E-state index is 0.0179. The lowest BCUT2D eigenvalue weighted by atomic mass is 10.1. The van der Waals surface area contributed by atoms with Crippen LogP contribution in [-0.2, 0) is 11.3 Å². The van der Waals surface area contributed by atoms with E-state index in [0.29, 0.717) is 6.54 Å². The number of carbonyl (C=O) groups is 1. The van der Waals surface area contributed by atoms with Gasteiger partial charge in [0.25, 0.3) is 5.91 Å². The number of halogens is 1. The zero-order valence-electron chi connectivity index (χ0n) is 18.0. The van der Waals surface area contributed by atoms with E-state index in [1.54, 1.807) is 0 Å². The first kappa shape index (κ1) is 21.3. The summed E-state index contributed by atoms with van der Waals surface area (Å²) in [4.78, 5) is 17.1. The van der Waals surface area contributed by atoms with Gasteiger partial charge in [-0.15, -0.1) is 0 Å². The molecule has 4 nitrogen and oxygen atoms in total. The van der Waals surface area contributed by atoms with Crippen LogP contribution in [0.4, 0.5) is 4.39 Å². The molecule has 1 heterocycles. The fourth-order valence-electron chi connectivity index (χ4n) is 3.96. The van der Waals surface area contributed by atoms with Crippen molar-refractivity contribution >= 4 is 5.91 Å². The maximum absolute atomic E-state index is 13.1. The van der Waals surface area contributed by atoms with Gasteiger partial charge in [0.2, 0.25) is 0 Å². The van der Waals surface area contributed by atoms with Crippen molar-refractivity contribution in [2.75, 3.05) is 19.7 Å². The lowest BCUT2D eigenvalue weighted by Gasteiger charge is -2.44. The van der Waals surface area contributed by atoms with Crippen molar-refractivity contribution in [2.45, 2.75) is 53.2 Å². The molecule has 1 aliphatic rings. The van der Waals surface area contributed by atoms with Crippen LogP contribution in [0.2, 0.25) is 0 Å². The summed E-state index contributed by atoms with van der Waals surface area (Å²) in [6.45, 7) is 12.6. The van der Waals surface area contributed by atoms with E-state index in [1.807, 2.05) is 36.9 Å². The Morgan fingerprint density at radius 2 is 1.76 bits per heavy atom. The molecule has 1 amide bonds. The van der Waals surface area contributed by atoms with Crippen molar-refractivity contribution in [3.63, 3.8) is 0 Å². The summed E-state index contributed by atoms with van der Waals surface area (Å²) in [6, 6.07) is 11.1. The molecule has 5 heteroatoms. The van der Waals surface area contributed by atoms with Crippen LogP contribution < -0.4 is 4.74 Å². The first-order valence-corrected chi connectivity index (χ1v) is 10.2.